The minimum absolute atomic E-state index is 0.0823. The fourth-order valence-corrected chi connectivity index (χ4v) is 5.45. The molecule has 0 unspecified atom stereocenters. The minimum Gasteiger partial charge on any atom is -0.358 e. The highest BCUT2D eigenvalue weighted by Gasteiger charge is 2.40. The number of carbonyl (C=O) groups is 2. The lowest BCUT2D eigenvalue weighted by Gasteiger charge is -2.45. The lowest BCUT2D eigenvalue weighted by Crippen LogP contribution is -2.57. The normalized spacial score (nSPS) is 18.2. The van der Waals surface area contributed by atoms with E-state index in [0.717, 1.165) is 34.9 Å². The maximum Gasteiger partial charge on any atom is 0.250 e. The fraction of sp³-hybridized carbons (Fsp3) is 0.391. The van der Waals surface area contributed by atoms with Crippen molar-refractivity contribution < 1.29 is 18.0 Å². The van der Waals surface area contributed by atoms with Crippen LogP contribution in [0.15, 0.2) is 47.4 Å². The Morgan fingerprint density at radius 2 is 1.94 bits per heavy atom. The topological polar surface area (TPSA) is 90.0 Å². The Balaban J connectivity index is 1.63. The summed E-state index contributed by atoms with van der Waals surface area (Å²) in [5.41, 5.74) is 2.07. The van der Waals surface area contributed by atoms with E-state index in [-0.39, 0.29) is 35.8 Å². The van der Waals surface area contributed by atoms with Crippen LogP contribution in [0.1, 0.15) is 24.8 Å². The summed E-state index contributed by atoms with van der Waals surface area (Å²) in [5, 5.41) is 3.41. The molecule has 1 N–H and O–H groups in total. The Morgan fingerprint density at radius 3 is 2.67 bits per heavy atom. The molecule has 10 heteroatoms. The molecule has 0 aliphatic carbocycles. The predicted octanol–water partition coefficient (Wildman–Crippen LogP) is 2.61. The van der Waals surface area contributed by atoms with E-state index in [0.29, 0.717) is 17.1 Å². The molecule has 1 atom stereocenters. The van der Waals surface area contributed by atoms with E-state index in [2.05, 4.69) is 5.32 Å². The van der Waals surface area contributed by atoms with Gasteiger partial charge in [-0.3, -0.25) is 14.5 Å². The number of fused-ring (bicyclic) bond motifs is 3. The summed E-state index contributed by atoms with van der Waals surface area (Å²) in [5.74, 6) is -0.515. The van der Waals surface area contributed by atoms with Crippen LogP contribution in [0.2, 0.25) is 5.02 Å². The zero-order valence-electron chi connectivity index (χ0n) is 18.6. The molecule has 2 heterocycles. The minimum atomic E-state index is -3.70. The van der Waals surface area contributed by atoms with Gasteiger partial charge >= 0.3 is 0 Å². The number of sulfonamides is 1. The number of nitrogens with one attached hydrogen (secondary N) is 1. The van der Waals surface area contributed by atoms with E-state index in [1.807, 2.05) is 11.0 Å². The van der Waals surface area contributed by atoms with E-state index in [1.54, 1.807) is 30.3 Å². The van der Waals surface area contributed by atoms with Crippen molar-refractivity contribution in [3.05, 3.63) is 53.1 Å². The third-order valence-corrected chi connectivity index (χ3v) is 8.11. The average molecular weight is 491 g/mol. The van der Waals surface area contributed by atoms with Gasteiger partial charge in [-0.1, -0.05) is 23.7 Å². The van der Waals surface area contributed by atoms with Gasteiger partial charge in [-0.15, -0.1) is 0 Å². The van der Waals surface area contributed by atoms with E-state index in [9.17, 15) is 18.0 Å². The standard InChI is InChI=1S/C23H27ClN4O4S/c1-26(2)33(31,32)18-9-10-19-21(13-18)28(23(30)20-8-3-4-11-27(19)20)15-22(29)25-14-16-6-5-7-17(24)12-16/h5-7,9-10,12-13,20H,3-4,8,11,14-15H2,1-2H3,(H,25,29)/t20-/m0/s1. The molecule has 4 rings (SSSR count). The van der Waals surface area contributed by atoms with Gasteiger partial charge < -0.3 is 10.2 Å². The third-order valence-electron chi connectivity index (χ3n) is 6.06. The molecule has 33 heavy (non-hydrogen) atoms. The van der Waals surface area contributed by atoms with Crippen LogP contribution in [-0.4, -0.2) is 57.8 Å². The molecule has 8 nitrogen and oxygen atoms in total. The Morgan fingerprint density at radius 1 is 1.15 bits per heavy atom. The van der Waals surface area contributed by atoms with Crippen LogP contribution >= 0.6 is 11.6 Å². The average Bonchev–Trinajstić information content (AvgIpc) is 2.80. The van der Waals surface area contributed by atoms with Gasteiger partial charge in [0.05, 0.1) is 16.3 Å². The molecule has 2 aliphatic rings. The zero-order chi connectivity index (χ0) is 23.8. The number of benzene rings is 2. The van der Waals surface area contributed by atoms with Gasteiger partial charge in [-0.2, -0.15) is 0 Å². The van der Waals surface area contributed by atoms with E-state index >= 15 is 0 Å². The largest absolute Gasteiger partial charge is 0.358 e. The van der Waals surface area contributed by atoms with E-state index in [1.165, 1.54) is 25.1 Å². The van der Waals surface area contributed by atoms with Crippen molar-refractivity contribution in [2.24, 2.45) is 0 Å². The first-order chi connectivity index (χ1) is 15.7. The number of halogens is 1. The molecular weight excluding hydrogens is 464 g/mol. The number of hydrogen-bond donors (Lipinski definition) is 1. The summed E-state index contributed by atoms with van der Waals surface area (Å²) in [4.78, 5) is 29.7. The Hall–Kier alpha value is -2.62. The van der Waals surface area contributed by atoms with Crippen LogP contribution in [0.4, 0.5) is 11.4 Å². The number of carbonyl (C=O) groups excluding carboxylic acids is 2. The Labute approximate surface area is 199 Å². The molecule has 0 aromatic heterocycles. The molecule has 2 amide bonds. The van der Waals surface area contributed by atoms with Crippen molar-refractivity contribution in [2.45, 2.75) is 36.7 Å². The Bertz CT molecular complexity index is 1180. The molecule has 176 valence electrons. The van der Waals surface area contributed by atoms with Crippen LogP contribution < -0.4 is 15.1 Å². The zero-order valence-corrected chi connectivity index (χ0v) is 20.2. The Kier molecular flexibility index (Phi) is 6.65. The fourth-order valence-electron chi connectivity index (χ4n) is 4.32. The van der Waals surface area contributed by atoms with Crippen molar-refractivity contribution in [1.29, 1.82) is 0 Å². The molecular formula is C23H27ClN4O4S. The monoisotopic (exact) mass is 490 g/mol. The number of rotatable bonds is 6. The van der Waals surface area contributed by atoms with Crippen LogP contribution in [0.25, 0.3) is 0 Å². The van der Waals surface area contributed by atoms with Crippen molar-refractivity contribution in [1.82, 2.24) is 9.62 Å². The van der Waals surface area contributed by atoms with Crippen molar-refractivity contribution in [3.8, 4) is 0 Å². The highest BCUT2D eigenvalue weighted by Crippen LogP contribution is 2.40. The summed E-state index contributed by atoms with van der Waals surface area (Å²) in [6, 6.07) is 11.6. The van der Waals surface area contributed by atoms with Crippen molar-refractivity contribution in [3.63, 3.8) is 0 Å². The first kappa shape index (κ1) is 23.5. The lowest BCUT2D eigenvalue weighted by molar-refractivity contribution is -0.125. The first-order valence-electron chi connectivity index (χ1n) is 10.8. The molecule has 1 fully saturated rings. The summed E-state index contributed by atoms with van der Waals surface area (Å²) in [6.45, 7) is 0.805. The van der Waals surface area contributed by atoms with E-state index < -0.39 is 10.0 Å². The molecule has 0 saturated carbocycles. The number of piperidine rings is 1. The highest BCUT2D eigenvalue weighted by atomic mass is 35.5. The molecule has 1 saturated heterocycles. The first-order valence-corrected chi connectivity index (χ1v) is 12.7. The second-order valence-electron chi connectivity index (χ2n) is 8.47. The molecule has 0 spiro atoms. The molecule has 2 aromatic carbocycles. The van der Waals surface area contributed by atoms with Gasteiger partial charge in [-0.25, -0.2) is 12.7 Å². The van der Waals surface area contributed by atoms with Crippen LogP contribution in [-0.2, 0) is 26.2 Å². The van der Waals surface area contributed by atoms with Gasteiger partial charge in [-0.05, 0) is 55.2 Å². The number of anilines is 2. The number of nitrogens with zero attached hydrogens (tertiary/aromatic N) is 3. The second-order valence-corrected chi connectivity index (χ2v) is 11.1. The predicted molar refractivity (Wildman–Crippen MR) is 128 cm³/mol. The number of hydrogen-bond acceptors (Lipinski definition) is 5. The SMILES string of the molecule is CN(C)S(=O)(=O)c1ccc2c(c1)N(CC(=O)NCc1cccc(Cl)c1)C(=O)[C@@H]1CCCCN21. The maximum absolute atomic E-state index is 13.4. The molecule has 2 aliphatic heterocycles. The molecule has 0 radical (unpaired) electrons. The van der Waals surface area contributed by atoms with Gasteiger partial charge in [0, 0.05) is 32.2 Å². The van der Waals surface area contributed by atoms with Crippen LogP contribution in [0.3, 0.4) is 0 Å². The summed E-state index contributed by atoms with van der Waals surface area (Å²) < 4.78 is 26.6. The van der Waals surface area contributed by atoms with Crippen LogP contribution in [0.5, 0.6) is 0 Å². The van der Waals surface area contributed by atoms with Gasteiger partial charge in [0.15, 0.2) is 0 Å². The van der Waals surface area contributed by atoms with Gasteiger partial charge in [0.25, 0.3) is 0 Å². The highest BCUT2D eigenvalue weighted by molar-refractivity contribution is 7.89. The summed E-state index contributed by atoms with van der Waals surface area (Å²) in [6.07, 6.45) is 2.60. The quantitative estimate of drug-likeness (QED) is 0.672. The lowest BCUT2D eigenvalue weighted by atomic mass is 9.96. The third kappa shape index (κ3) is 4.71. The van der Waals surface area contributed by atoms with Gasteiger partial charge in [0.1, 0.15) is 12.6 Å². The second kappa shape index (κ2) is 9.32. The van der Waals surface area contributed by atoms with Gasteiger partial charge in [0.2, 0.25) is 21.8 Å². The van der Waals surface area contributed by atoms with Crippen molar-refractivity contribution in [2.75, 3.05) is 37.0 Å². The number of amides is 2. The van der Waals surface area contributed by atoms with Crippen LogP contribution in [0, 0.1) is 0 Å². The summed E-state index contributed by atoms with van der Waals surface area (Å²) >= 11 is 6.01. The molecule has 0 bridgehead atoms. The van der Waals surface area contributed by atoms with Crippen molar-refractivity contribution >= 4 is 44.8 Å². The smallest absolute Gasteiger partial charge is 0.250 e. The summed E-state index contributed by atoms with van der Waals surface area (Å²) in [7, 11) is -0.776. The molecule has 2 aromatic rings. The maximum atomic E-state index is 13.4. The van der Waals surface area contributed by atoms with E-state index in [4.69, 9.17) is 11.6 Å².